The number of fused-ring (bicyclic) bond motifs is 1. The van der Waals surface area contributed by atoms with E-state index >= 15 is 0 Å². The van der Waals surface area contributed by atoms with Gasteiger partial charge in [0.2, 0.25) is 0 Å². The molecule has 2 aromatic rings. The Hall–Kier alpha value is -1.75. The van der Waals surface area contributed by atoms with Gasteiger partial charge in [-0.3, -0.25) is 0 Å². The molecule has 1 fully saturated rings. The van der Waals surface area contributed by atoms with E-state index in [2.05, 4.69) is 15.6 Å². The van der Waals surface area contributed by atoms with Gasteiger partial charge in [-0.2, -0.15) is 0 Å². The number of amides is 1. The summed E-state index contributed by atoms with van der Waals surface area (Å²) in [6.45, 7) is 6.96. The minimum atomic E-state index is -0.474. The quantitative estimate of drug-likeness (QED) is 0.780. The summed E-state index contributed by atoms with van der Waals surface area (Å²) >= 11 is 6.08. The first kappa shape index (κ1) is 16.1. The molecule has 0 N–H and O–H groups in total. The lowest BCUT2D eigenvalue weighted by molar-refractivity contribution is 0.0289. The van der Waals surface area contributed by atoms with Gasteiger partial charge in [0.25, 0.3) is 0 Å². The number of nitrogens with zero attached hydrogens (tertiary/aromatic N) is 3. The van der Waals surface area contributed by atoms with Crippen molar-refractivity contribution < 1.29 is 9.53 Å². The van der Waals surface area contributed by atoms with Crippen molar-refractivity contribution >= 4 is 28.7 Å². The van der Waals surface area contributed by atoms with E-state index in [9.17, 15) is 4.79 Å². The van der Waals surface area contributed by atoms with Gasteiger partial charge in [-0.25, -0.2) is 9.78 Å². The number of carbonyl (C=O) groups excluding carboxylic acids is 1. The zero-order valence-corrected chi connectivity index (χ0v) is 14.5. The molecule has 1 aliphatic rings. The summed E-state index contributed by atoms with van der Waals surface area (Å²) in [6, 6.07) is 8.19. The molecule has 1 atom stereocenters. The topological polar surface area (TPSA) is 47.4 Å². The minimum Gasteiger partial charge on any atom is -0.444 e. The molecule has 1 aromatic heterocycles. The molecule has 2 heterocycles. The summed E-state index contributed by atoms with van der Waals surface area (Å²) in [6.07, 6.45) is 0.626. The van der Waals surface area contributed by atoms with E-state index in [0.717, 1.165) is 23.3 Å². The van der Waals surface area contributed by atoms with Crippen LogP contribution < -0.4 is 0 Å². The molecule has 0 bridgehead atoms. The Labute approximate surface area is 141 Å². The van der Waals surface area contributed by atoms with Crippen LogP contribution in [0.5, 0.6) is 0 Å². The number of rotatable bonds is 2. The summed E-state index contributed by atoms with van der Waals surface area (Å²) in [5, 5.41) is 0. The van der Waals surface area contributed by atoms with Crippen LogP contribution in [0.15, 0.2) is 24.3 Å². The fourth-order valence-corrected chi connectivity index (χ4v) is 3.23. The summed E-state index contributed by atoms with van der Waals surface area (Å²) in [5.74, 6) is 1.21. The number of imidazole rings is 1. The lowest BCUT2D eigenvalue weighted by atomic mass is 10.2. The van der Waals surface area contributed by atoms with Crippen LogP contribution in [0.4, 0.5) is 4.79 Å². The Morgan fingerprint density at radius 3 is 2.83 bits per heavy atom. The molecule has 6 heteroatoms. The molecule has 0 aliphatic carbocycles. The van der Waals surface area contributed by atoms with Crippen molar-refractivity contribution in [2.45, 2.75) is 44.7 Å². The Balaban J connectivity index is 1.83. The van der Waals surface area contributed by atoms with Crippen molar-refractivity contribution in [2.75, 3.05) is 13.1 Å². The third-order valence-corrected chi connectivity index (χ3v) is 4.21. The number of benzene rings is 1. The second-order valence-electron chi connectivity index (χ2n) is 6.89. The monoisotopic (exact) mass is 335 g/mol. The van der Waals surface area contributed by atoms with Gasteiger partial charge in [-0.15, -0.1) is 11.6 Å². The maximum Gasteiger partial charge on any atom is 0.410 e. The van der Waals surface area contributed by atoms with E-state index in [1.54, 1.807) is 4.90 Å². The van der Waals surface area contributed by atoms with E-state index in [-0.39, 0.29) is 12.1 Å². The largest absolute Gasteiger partial charge is 0.444 e. The molecule has 5 nitrogen and oxygen atoms in total. The fraction of sp³-hybridized carbons (Fsp3) is 0.529. The molecule has 23 heavy (non-hydrogen) atoms. The Bertz CT molecular complexity index is 720. The molecule has 1 aromatic carbocycles. The van der Waals surface area contributed by atoms with Crippen LogP contribution >= 0.6 is 11.6 Å². The number of halogens is 1. The molecule has 0 radical (unpaired) electrons. The van der Waals surface area contributed by atoms with E-state index in [1.165, 1.54) is 0 Å². The van der Waals surface area contributed by atoms with Gasteiger partial charge in [-0.1, -0.05) is 12.1 Å². The number of hydrogen-bond donors (Lipinski definition) is 0. The van der Waals surface area contributed by atoms with E-state index < -0.39 is 5.60 Å². The summed E-state index contributed by atoms with van der Waals surface area (Å²) in [7, 11) is 0. The van der Waals surface area contributed by atoms with Crippen LogP contribution in [-0.4, -0.2) is 39.2 Å². The van der Waals surface area contributed by atoms with Crippen LogP contribution in [0.1, 0.15) is 39.1 Å². The van der Waals surface area contributed by atoms with Crippen molar-refractivity contribution in [1.29, 1.82) is 0 Å². The molecule has 0 spiro atoms. The number of alkyl halides is 1. The fourth-order valence-electron chi connectivity index (χ4n) is 3.04. The van der Waals surface area contributed by atoms with Crippen LogP contribution in [0, 0.1) is 0 Å². The van der Waals surface area contributed by atoms with Crippen molar-refractivity contribution in [2.24, 2.45) is 0 Å². The lowest BCUT2D eigenvalue weighted by Gasteiger charge is -2.24. The van der Waals surface area contributed by atoms with Gasteiger partial charge in [0.15, 0.2) is 0 Å². The van der Waals surface area contributed by atoms with Gasteiger partial charge >= 0.3 is 6.09 Å². The molecule has 0 saturated carbocycles. The van der Waals surface area contributed by atoms with Crippen molar-refractivity contribution in [3.8, 4) is 0 Å². The molecule has 124 valence electrons. The van der Waals surface area contributed by atoms with Crippen LogP contribution in [0.25, 0.3) is 11.0 Å². The van der Waals surface area contributed by atoms with Crippen LogP contribution in [0.3, 0.4) is 0 Å². The second kappa shape index (κ2) is 6.04. The summed E-state index contributed by atoms with van der Waals surface area (Å²) in [4.78, 5) is 18.6. The van der Waals surface area contributed by atoms with Crippen molar-refractivity contribution in [3.63, 3.8) is 0 Å². The second-order valence-corrected chi connectivity index (χ2v) is 7.16. The van der Waals surface area contributed by atoms with Gasteiger partial charge in [-0.05, 0) is 39.3 Å². The van der Waals surface area contributed by atoms with E-state index in [0.29, 0.717) is 19.0 Å². The highest BCUT2D eigenvalue weighted by Crippen LogP contribution is 2.29. The van der Waals surface area contributed by atoms with Crippen molar-refractivity contribution in [3.05, 3.63) is 30.1 Å². The molecule has 0 unspecified atom stereocenters. The first-order valence-corrected chi connectivity index (χ1v) is 8.42. The number of likely N-dealkylation sites (tertiary alicyclic amines) is 1. The number of para-hydroxylation sites is 2. The first-order chi connectivity index (χ1) is 10.9. The van der Waals surface area contributed by atoms with Gasteiger partial charge in [0.1, 0.15) is 11.4 Å². The Kier molecular flexibility index (Phi) is 4.23. The lowest BCUT2D eigenvalue weighted by Crippen LogP contribution is -2.35. The van der Waals surface area contributed by atoms with Crippen LogP contribution in [-0.2, 0) is 10.6 Å². The number of ether oxygens (including phenoxy) is 1. The minimum absolute atomic E-state index is 0.184. The Morgan fingerprint density at radius 1 is 1.39 bits per heavy atom. The van der Waals surface area contributed by atoms with E-state index in [1.807, 2.05) is 39.0 Å². The maximum atomic E-state index is 12.2. The average molecular weight is 336 g/mol. The highest BCUT2D eigenvalue weighted by molar-refractivity contribution is 6.16. The molecule has 3 rings (SSSR count). The third-order valence-electron chi connectivity index (χ3n) is 3.97. The third kappa shape index (κ3) is 3.29. The molecular formula is C17H22ClN3O2. The molecular weight excluding hydrogens is 314 g/mol. The van der Waals surface area contributed by atoms with Gasteiger partial charge in [0.05, 0.1) is 23.0 Å². The number of carbonyl (C=O) groups is 1. The summed E-state index contributed by atoms with van der Waals surface area (Å²) in [5.41, 5.74) is 1.54. The van der Waals surface area contributed by atoms with Crippen molar-refractivity contribution in [1.82, 2.24) is 14.5 Å². The normalized spacial score (nSPS) is 18.6. The standard InChI is InChI=1S/C17H22ClN3O2/c1-17(2,3)23-16(22)20-9-8-12(11-20)21-14-7-5-4-6-13(14)19-15(21)10-18/h4-7,12H,8-11H2,1-3H3/t12-/m0/s1. The number of hydrogen-bond acceptors (Lipinski definition) is 3. The van der Waals surface area contributed by atoms with Gasteiger partial charge < -0.3 is 14.2 Å². The van der Waals surface area contributed by atoms with Gasteiger partial charge in [0, 0.05) is 13.1 Å². The van der Waals surface area contributed by atoms with Crippen LogP contribution in [0.2, 0.25) is 0 Å². The molecule has 1 amide bonds. The molecule has 1 aliphatic heterocycles. The van der Waals surface area contributed by atoms with E-state index in [4.69, 9.17) is 16.3 Å². The number of aromatic nitrogens is 2. The predicted molar refractivity (Wildman–Crippen MR) is 90.8 cm³/mol. The maximum absolute atomic E-state index is 12.2. The zero-order valence-electron chi connectivity index (χ0n) is 13.8. The zero-order chi connectivity index (χ0) is 16.6. The SMILES string of the molecule is CC(C)(C)OC(=O)N1CC[C@H](n2c(CCl)nc3ccccc32)C1. The Morgan fingerprint density at radius 2 is 2.13 bits per heavy atom. The first-order valence-electron chi connectivity index (χ1n) is 7.89. The highest BCUT2D eigenvalue weighted by atomic mass is 35.5. The predicted octanol–water partition coefficient (Wildman–Crippen LogP) is 3.96. The average Bonchev–Trinajstić information content (AvgIpc) is 3.09. The smallest absolute Gasteiger partial charge is 0.410 e. The summed E-state index contributed by atoms with van der Waals surface area (Å²) < 4.78 is 7.64. The highest BCUT2D eigenvalue weighted by Gasteiger charge is 2.32. The molecule has 1 saturated heterocycles.